The van der Waals surface area contributed by atoms with Crippen LogP contribution in [0.5, 0.6) is 0 Å². The maximum atomic E-state index is 10.9. The van der Waals surface area contributed by atoms with Gasteiger partial charge in [0.05, 0.1) is 0 Å². The molecule has 4 heteroatoms. The summed E-state index contributed by atoms with van der Waals surface area (Å²) in [6, 6.07) is 8.95. The molecular weight excluding hydrogens is 208 g/mol. The third-order valence-electron chi connectivity index (χ3n) is 2.02. The molecule has 0 aliphatic rings. The van der Waals surface area contributed by atoms with E-state index in [2.05, 4.69) is 0 Å². The number of hydrogen-bond donors (Lipinski definition) is 2. The summed E-state index contributed by atoms with van der Waals surface area (Å²) in [6.07, 6.45) is 1.34. The minimum Gasteiger partial charge on any atom is -0.481 e. The van der Waals surface area contributed by atoms with E-state index in [9.17, 15) is 9.59 Å². The minimum atomic E-state index is -1.08. The Morgan fingerprint density at radius 3 is 2.19 bits per heavy atom. The van der Waals surface area contributed by atoms with Gasteiger partial charge in [0.2, 0.25) is 0 Å². The lowest BCUT2D eigenvalue weighted by Gasteiger charge is -2.00. The van der Waals surface area contributed by atoms with E-state index >= 15 is 0 Å². The van der Waals surface area contributed by atoms with Crippen molar-refractivity contribution >= 4 is 18.0 Å². The molecule has 2 N–H and O–H groups in total. The Kier molecular flexibility index (Phi) is 4.27. The fourth-order valence-corrected chi connectivity index (χ4v) is 1.23. The van der Waals surface area contributed by atoms with E-state index in [-0.39, 0.29) is 18.4 Å². The van der Waals surface area contributed by atoms with Gasteiger partial charge in [-0.2, -0.15) is 0 Å². The number of carboxylic acid groups (broad SMARTS) is 2. The molecule has 1 aromatic carbocycles. The lowest BCUT2D eigenvalue weighted by molar-refractivity contribution is -0.137. The lowest BCUT2D eigenvalue weighted by Crippen LogP contribution is -2.03. The fourth-order valence-electron chi connectivity index (χ4n) is 1.23. The molecule has 0 bridgehead atoms. The van der Waals surface area contributed by atoms with Crippen LogP contribution in [0.15, 0.2) is 35.9 Å². The second-order valence-electron chi connectivity index (χ2n) is 3.28. The number of benzene rings is 1. The van der Waals surface area contributed by atoms with Crippen LogP contribution in [0.25, 0.3) is 6.08 Å². The standard InChI is InChI=1S/C12H12O4/c13-11(14)7-6-10(12(15)16)8-9-4-2-1-3-5-9/h1-5,8H,6-7H2,(H,13,14)(H,15,16). The molecule has 0 heterocycles. The highest BCUT2D eigenvalue weighted by molar-refractivity contribution is 5.92. The van der Waals surface area contributed by atoms with Crippen LogP contribution in [0.2, 0.25) is 0 Å². The Bertz CT molecular complexity index is 406. The van der Waals surface area contributed by atoms with Crippen LogP contribution in [0.1, 0.15) is 18.4 Å². The molecule has 84 valence electrons. The molecular formula is C12H12O4. The highest BCUT2D eigenvalue weighted by atomic mass is 16.4. The maximum Gasteiger partial charge on any atom is 0.331 e. The van der Waals surface area contributed by atoms with Crippen LogP contribution >= 0.6 is 0 Å². The van der Waals surface area contributed by atoms with Crippen molar-refractivity contribution in [3.8, 4) is 0 Å². The summed E-state index contributed by atoms with van der Waals surface area (Å²) >= 11 is 0. The van der Waals surface area contributed by atoms with Crippen LogP contribution in [0.4, 0.5) is 0 Å². The van der Waals surface area contributed by atoms with Crippen molar-refractivity contribution in [1.29, 1.82) is 0 Å². The normalized spacial score (nSPS) is 11.1. The first-order valence-corrected chi connectivity index (χ1v) is 4.80. The molecule has 0 saturated heterocycles. The lowest BCUT2D eigenvalue weighted by atomic mass is 10.1. The quantitative estimate of drug-likeness (QED) is 0.744. The summed E-state index contributed by atoms with van der Waals surface area (Å²) in [5.74, 6) is -2.08. The fraction of sp³-hybridized carbons (Fsp3) is 0.167. The first-order valence-electron chi connectivity index (χ1n) is 4.80. The highest BCUT2D eigenvalue weighted by Gasteiger charge is 2.09. The van der Waals surface area contributed by atoms with Crippen LogP contribution < -0.4 is 0 Å². The molecule has 1 rings (SSSR count). The van der Waals surface area contributed by atoms with E-state index in [4.69, 9.17) is 10.2 Å². The van der Waals surface area contributed by atoms with E-state index in [1.54, 1.807) is 24.3 Å². The monoisotopic (exact) mass is 220 g/mol. The molecule has 0 unspecified atom stereocenters. The number of carbonyl (C=O) groups is 2. The van der Waals surface area contributed by atoms with Crippen molar-refractivity contribution in [1.82, 2.24) is 0 Å². The molecule has 0 atom stereocenters. The third-order valence-corrected chi connectivity index (χ3v) is 2.02. The first kappa shape index (κ1) is 12.0. The van der Waals surface area contributed by atoms with E-state index < -0.39 is 11.9 Å². The van der Waals surface area contributed by atoms with Gasteiger partial charge in [-0.15, -0.1) is 0 Å². The van der Waals surface area contributed by atoms with Crippen LogP contribution in [0, 0.1) is 0 Å². The molecule has 4 nitrogen and oxygen atoms in total. The SMILES string of the molecule is O=C(O)CCC(=Cc1ccccc1)C(=O)O. The smallest absolute Gasteiger partial charge is 0.331 e. The van der Waals surface area contributed by atoms with Crippen molar-refractivity contribution in [3.05, 3.63) is 41.5 Å². The molecule has 0 aliphatic heterocycles. The van der Waals surface area contributed by atoms with Crippen LogP contribution in [-0.2, 0) is 9.59 Å². The Morgan fingerprint density at radius 1 is 1.06 bits per heavy atom. The van der Waals surface area contributed by atoms with Crippen molar-refractivity contribution in [2.24, 2.45) is 0 Å². The zero-order valence-corrected chi connectivity index (χ0v) is 8.59. The Morgan fingerprint density at radius 2 is 1.69 bits per heavy atom. The number of aliphatic carboxylic acids is 2. The van der Waals surface area contributed by atoms with E-state index in [1.165, 1.54) is 6.08 Å². The molecule has 0 aliphatic carbocycles. The number of hydrogen-bond acceptors (Lipinski definition) is 2. The second kappa shape index (κ2) is 5.70. The highest BCUT2D eigenvalue weighted by Crippen LogP contribution is 2.11. The summed E-state index contributed by atoms with van der Waals surface area (Å²) in [4.78, 5) is 21.2. The van der Waals surface area contributed by atoms with Gasteiger partial charge < -0.3 is 10.2 Å². The van der Waals surface area contributed by atoms with Crippen molar-refractivity contribution in [2.45, 2.75) is 12.8 Å². The largest absolute Gasteiger partial charge is 0.481 e. The summed E-state index contributed by atoms with van der Waals surface area (Å²) in [5, 5.41) is 17.4. The molecule has 0 spiro atoms. The Hall–Kier alpha value is -2.10. The third kappa shape index (κ3) is 3.96. The molecule has 0 amide bonds. The summed E-state index contributed by atoms with van der Waals surface area (Å²) < 4.78 is 0. The van der Waals surface area contributed by atoms with Gasteiger partial charge in [0.15, 0.2) is 0 Å². The van der Waals surface area contributed by atoms with Gasteiger partial charge >= 0.3 is 11.9 Å². The minimum absolute atomic E-state index is 0.0273. The van der Waals surface area contributed by atoms with Crippen LogP contribution in [0.3, 0.4) is 0 Å². The van der Waals surface area contributed by atoms with Crippen LogP contribution in [-0.4, -0.2) is 22.2 Å². The average molecular weight is 220 g/mol. The van der Waals surface area contributed by atoms with Crippen molar-refractivity contribution < 1.29 is 19.8 Å². The Labute approximate surface area is 92.8 Å². The molecule has 0 aromatic heterocycles. The molecule has 0 saturated carbocycles. The second-order valence-corrected chi connectivity index (χ2v) is 3.28. The first-order chi connectivity index (χ1) is 7.59. The van der Waals surface area contributed by atoms with E-state index in [0.717, 1.165) is 5.56 Å². The van der Waals surface area contributed by atoms with Gasteiger partial charge in [0, 0.05) is 12.0 Å². The zero-order valence-electron chi connectivity index (χ0n) is 8.59. The maximum absolute atomic E-state index is 10.9. The number of carboxylic acids is 2. The van der Waals surface area contributed by atoms with Gasteiger partial charge in [0.1, 0.15) is 0 Å². The zero-order chi connectivity index (χ0) is 12.0. The van der Waals surface area contributed by atoms with Crippen molar-refractivity contribution in [2.75, 3.05) is 0 Å². The van der Waals surface area contributed by atoms with E-state index in [1.807, 2.05) is 6.07 Å². The topological polar surface area (TPSA) is 74.6 Å². The van der Waals surface area contributed by atoms with E-state index in [0.29, 0.717) is 0 Å². The van der Waals surface area contributed by atoms with Gasteiger partial charge in [-0.3, -0.25) is 4.79 Å². The van der Waals surface area contributed by atoms with Gasteiger partial charge in [0.25, 0.3) is 0 Å². The molecule has 0 radical (unpaired) electrons. The van der Waals surface area contributed by atoms with Crippen molar-refractivity contribution in [3.63, 3.8) is 0 Å². The molecule has 1 aromatic rings. The summed E-state index contributed by atoms with van der Waals surface area (Å²) in [5.41, 5.74) is 0.860. The number of rotatable bonds is 5. The predicted octanol–water partition coefficient (Wildman–Crippen LogP) is 2.02. The Balaban J connectivity index is 2.81. The van der Waals surface area contributed by atoms with Gasteiger partial charge in [-0.05, 0) is 18.1 Å². The molecule has 16 heavy (non-hydrogen) atoms. The predicted molar refractivity (Wildman–Crippen MR) is 58.9 cm³/mol. The summed E-state index contributed by atoms with van der Waals surface area (Å²) in [7, 11) is 0. The molecule has 0 fully saturated rings. The van der Waals surface area contributed by atoms with Gasteiger partial charge in [-0.25, -0.2) is 4.79 Å². The average Bonchev–Trinajstić information content (AvgIpc) is 2.25. The van der Waals surface area contributed by atoms with Gasteiger partial charge in [-0.1, -0.05) is 30.3 Å². The summed E-state index contributed by atoms with van der Waals surface area (Å²) in [6.45, 7) is 0.